The standard InChI is InChI=1S/C15H12N2O2S/c1-10-4-2-5-11(8-10)16-15-17-14(18)13(20-15)9-12-6-3-7-19-12/h2-9H,1H3,(H,16,17,18). The minimum Gasteiger partial charge on any atom is -0.465 e. The molecule has 1 aromatic heterocycles. The third kappa shape index (κ3) is 2.83. The van der Waals surface area contributed by atoms with Crippen LogP contribution in [0.4, 0.5) is 5.69 Å². The van der Waals surface area contributed by atoms with Crippen LogP contribution in [0.3, 0.4) is 0 Å². The summed E-state index contributed by atoms with van der Waals surface area (Å²) in [6.07, 6.45) is 3.28. The van der Waals surface area contributed by atoms with Gasteiger partial charge in [-0.1, -0.05) is 12.1 Å². The highest BCUT2D eigenvalue weighted by molar-refractivity contribution is 8.18. The number of hydrogen-bond donors (Lipinski definition) is 1. The monoisotopic (exact) mass is 284 g/mol. The summed E-state index contributed by atoms with van der Waals surface area (Å²) in [7, 11) is 0. The van der Waals surface area contributed by atoms with E-state index in [0.717, 1.165) is 11.3 Å². The number of carbonyl (C=O) groups is 1. The summed E-state index contributed by atoms with van der Waals surface area (Å²) in [4.78, 5) is 16.8. The molecule has 1 aromatic carbocycles. The Morgan fingerprint density at radius 1 is 1.30 bits per heavy atom. The molecule has 1 N–H and O–H groups in total. The smallest absolute Gasteiger partial charge is 0.264 e. The van der Waals surface area contributed by atoms with Gasteiger partial charge in [-0.2, -0.15) is 0 Å². The van der Waals surface area contributed by atoms with E-state index in [9.17, 15) is 4.79 Å². The van der Waals surface area contributed by atoms with Gasteiger partial charge in [0.05, 0.1) is 16.9 Å². The number of benzene rings is 1. The van der Waals surface area contributed by atoms with Crippen LogP contribution in [0.5, 0.6) is 0 Å². The second-order valence-electron chi connectivity index (χ2n) is 4.34. The maximum Gasteiger partial charge on any atom is 0.264 e. The quantitative estimate of drug-likeness (QED) is 0.859. The van der Waals surface area contributed by atoms with Gasteiger partial charge in [0.25, 0.3) is 5.91 Å². The van der Waals surface area contributed by atoms with E-state index in [4.69, 9.17) is 4.42 Å². The number of amides is 1. The van der Waals surface area contributed by atoms with E-state index < -0.39 is 0 Å². The van der Waals surface area contributed by atoms with Gasteiger partial charge in [-0.3, -0.25) is 4.79 Å². The summed E-state index contributed by atoms with van der Waals surface area (Å²) >= 11 is 1.31. The van der Waals surface area contributed by atoms with Gasteiger partial charge in [0.1, 0.15) is 5.76 Å². The Hall–Kier alpha value is -2.27. The molecular formula is C15H12N2O2S. The molecule has 2 aromatic rings. The predicted molar refractivity (Wildman–Crippen MR) is 80.7 cm³/mol. The SMILES string of the molecule is Cc1cccc(N=C2NC(=O)C(=Cc3ccco3)S2)c1. The van der Waals surface area contributed by atoms with E-state index in [-0.39, 0.29) is 5.91 Å². The van der Waals surface area contributed by atoms with E-state index >= 15 is 0 Å². The Kier molecular flexibility index (Phi) is 3.43. The molecule has 3 rings (SSSR count). The largest absolute Gasteiger partial charge is 0.465 e. The van der Waals surface area contributed by atoms with Crippen LogP contribution in [0.15, 0.2) is 57.0 Å². The molecule has 4 nitrogen and oxygen atoms in total. The van der Waals surface area contributed by atoms with Crippen molar-refractivity contribution in [2.75, 3.05) is 0 Å². The molecule has 2 heterocycles. The Labute approximate surface area is 120 Å². The Balaban J connectivity index is 1.83. The fourth-order valence-electron chi connectivity index (χ4n) is 1.80. The third-order valence-electron chi connectivity index (χ3n) is 2.70. The molecule has 0 aliphatic carbocycles. The maximum atomic E-state index is 11.8. The van der Waals surface area contributed by atoms with E-state index in [1.165, 1.54) is 11.8 Å². The summed E-state index contributed by atoms with van der Waals surface area (Å²) < 4.78 is 5.20. The summed E-state index contributed by atoms with van der Waals surface area (Å²) in [5.74, 6) is 0.497. The Morgan fingerprint density at radius 2 is 2.20 bits per heavy atom. The van der Waals surface area contributed by atoms with Crippen LogP contribution in [0.1, 0.15) is 11.3 Å². The highest BCUT2D eigenvalue weighted by Crippen LogP contribution is 2.28. The first-order chi connectivity index (χ1) is 9.70. The molecule has 0 unspecified atom stereocenters. The molecule has 0 saturated carbocycles. The first-order valence-electron chi connectivity index (χ1n) is 6.10. The normalized spacial score (nSPS) is 18.8. The number of carbonyl (C=O) groups excluding carboxylic acids is 1. The van der Waals surface area contributed by atoms with Crippen molar-refractivity contribution in [2.24, 2.45) is 4.99 Å². The van der Waals surface area contributed by atoms with Gasteiger partial charge >= 0.3 is 0 Å². The molecule has 0 bridgehead atoms. The number of aryl methyl sites for hydroxylation is 1. The average Bonchev–Trinajstić information content (AvgIpc) is 3.01. The van der Waals surface area contributed by atoms with Gasteiger partial charge < -0.3 is 9.73 Å². The number of hydrogen-bond acceptors (Lipinski definition) is 4. The van der Waals surface area contributed by atoms with Crippen molar-refractivity contribution in [3.8, 4) is 0 Å². The van der Waals surface area contributed by atoms with E-state index in [1.807, 2.05) is 31.2 Å². The number of aliphatic imine (C=N–C) groups is 1. The van der Waals surface area contributed by atoms with Crippen molar-refractivity contribution in [2.45, 2.75) is 6.92 Å². The fraction of sp³-hybridized carbons (Fsp3) is 0.0667. The molecule has 0 radical (unpaired) electrons. The number of thioether (sulfide) groups is 1. The van der Waals surface area contributed by atoms with Gasteiger partial charge in [-0.15, -0.1) is 0 Å². The second-order valence-corrected chi connectivity index (χ2v) is 5.37. The van der Waals surface area contributed by atoms with Gasteiger partial charge in [0.2, 0.25) is 0 Å². The zero-order chi connectivity index (χ0) is 13.9. The Bertz CT molecular complexity index is 702. The number of nitrogens with one attached hydrogen (secondary N) is 1. The lowest BCUT2D eigenvalue weighted by atomic mass is 10.2. The van der Waals surface area contributed by atoms with Gasteiger partial charge in [-0.25, -0.2) is 4.99 Å². The second kappa shape index (κ2) is 5.38. The molecule has 5 heteroatoms. The van der Waals surface area contributed by atoms with Gasteiger partial charge in [-0.05, 0) is 48.5 Å². The lowest BCUT2D eigenvalue weighted by Gasteiger charge is -1.97. The first-order valence-corrected chi connectivity index (χ1v) is 6.92. The average molecular weight is 284 g/mol. The van der Waals surface area contributed by atoms with Crippen molar-refractivity contribution >= 4 is 34.6 Å². The molecule has 100 valence electrons. The summed E-state index contributed by atoms with van der Waals surface area (Å²) in [5, 5.41) is 3.33. The van der Waals surface area contributed by atoms with Crippen molar-refractivity contribution in [1.82, 2.24) is 5.32 Å². The van der Waals surface area contributed by atoms with Crippen LogP contribution >= 0.6 is 11.8 Å². The predicted octanol–water partition coefficient (Wildman–Crippen LogP) is 3.48. The van der Waals surface area contributed by atoms with Crippen LogP contribution in [0.25, 0.3) is 6.08 Å². The molecular weight excluding hydrogens is 272 g/mol. The molecule has 1 fully saturated rings. The number of furan rings is 1. The van der Waals surface area contributed by atoms with Gasteiger partial charge in [0, 0.05) is 6.08 Å². The lowest BCUT2D eigenvalue weighted by molar-refractivity contribution is -0.115. The fourth-order valence-corrected chi connectivity index (χ4v) is 2.62. The maximum absolute atomic E-state index is 11.8. The first kappa shape index (κ1) is 12.7. The minimum absolute atomic E-state index is 0.155. The number of nitrogens with zero attached hydrogens (tertiary/aromatic N) is 1. The van der Waals surface area contributed by atoms with Crippen molar-refractivity contribution in [3.05, 3.63) is 58.9 Å². The molecule has 1 aliphatic heterocycles. The van der Waals surface area contributed by atoms with Gasteiger partial charge in [0.15, 0.2) is 5.17 Å². The summed E-state index contributed by atoms with van der Waals surface area (Å²) in [6.45, 7) is 2.01. The lowest BCUT2D eigenvalue weighted by Crippen LogP contribution is -2.19. The minimum atomic E-state index is -0.155. The van der Waals surface area contributed by atoms with Crippen LogP contribution in [0, 0.1) is 6.92 Å². The van der Waals surface area contributed by atoms with Crippen molar-refractivity contribution < 1.29 is 9.21 Å². The zero-order valence-electron chi connectivity index (χ0n) is 10.8. The van der Waals surface area contributed by atoms with Crippen LogP contribution in [-0.4, -0.2) is 11.1 Å². The Morgan fingerprint density at radius 3 is 2.95 bits per heavy atom. The summed E-state index contributed by atoms with van der Waals surface area (Å²) in [6, 6.07) is 11.4. The molecule has 1 amide bonds. The van der Waals surface area contributed by atoms with E-state index in [1.54, 1.807) is 24.5 Å². The topological polar surface area (TPSA) is 54.6 Å². The van der Waals surface area contributed by atoms with Crippen molar-refractivity contribution in [3.63, 3.8) is 0 Å². The van der Waals surface area contributed by atoms with E-state index in [2.05, 4.69) is 10.3 Å². The molecule has 0 atom stereocenters. The highest BCUT2D eigenvalue weighted by atomic mass is 32.2. The molecule has 0 spiro atoms. The zero-order valence-corrected chi connectivity index (χ0v) is 11.6. The van der Waals surface area contributed by atoms with Crippen LogP contribution < -0.4 is 5.32 Å². The van der Waals surface area contributed by atoms with E-state index in [0.29, 0.717) is 15.8 Å². The molecule has 20 heavy (non-hydrogen) atoms. The number of amidine groups is 1. The van der Waals surface area contributed by atoms with Crippen LogP contribution in [0.2, 0.25) is 0 Å². The van der Waals surface area contributed by atoms with Crippen LogP contribution in [-0.2, 0) is 4.79 Å². The number of rotatable bonds is 2. The highest BCUT2D eigenvalue weighted by Gasteiger charge is 2.24. The molecule has 1 aliphatic rings. The van der Waals surface area contributed by atoms with Crippen molar-refractivity contribution in [1.29, 1.82) is 0 Å². The summed E-state index contributed by atoms with van der Waals surface area (Å²) in [5.41, 5.74) is 1.96. The molecule has 1 saturated heterocycles. The third-order valence-corrected chi connectivity index (χ3v) is 3.61.